The lowest BCUT2D eigenvalue weighted by molar-refractivity contribution is 0.660. The molecule has 1 aliphatic rings. The minimum atomic E-state index is -0.0593. The SMILES string of the molecule is CC1(C)c2ccccc2-c2ccc(-c3ccc4c(c3)c3cc(-c5ccc6c7ccccc7n(-c7ccccc7)c6c5)ccc3n4-c3ccc(-c4ccccc4)cc3)cc21. The molecule has 0 aliphatic heterocycles. The molecular weight excluding hydrogens is 713 g/mol. The highest BCUT2D eigenvalue weighted by Gasteiger charge is 2.35. The van der Waals surface area contributed by atoms with Crippen LogP contribution in [0, 0.1) is 0 Å². The highest BCUT2D eigenvalue weighted by atomic mass is 15.0. The molecule has 12 rings (SSSR count). The average Bonchev–Trinajstić information content (AvgIpc) is 3.89. The molecule has 9 aromatic carbocycles. The fraction of sp³-hybridized carbons (Fsp3) is 0.0526. The standard InChI is InChI=1S/C57H40N2/c1-57(2)51-19-11-9-17-45(51)46-29-23-41(35-52(46)57)39-25-31-54-49(33-39)50-34-40(26-32-55(50)58(54)44-27-21-38(22-28-44)37-13-5-3-6-14-37)42-24-30-48-47-18-10-12-20-53(47)59(56(48)36-42)43-15-7-4-8-16-43/h3-36H,1-2H3. The van der Waals surface area contributed by atoms with Crippen molar-refractivity contribution < 1.29 is 0 Å². The van der Waals surface area contributed by atoms with E-state index in [-0.39, 0.29) is 5.41 Å². The predicted octanol–water partition coefficient (Wildman–Crippen LogP) is 15.2. The molecule has 0 saturated carbocycles. The maximum atomic E-state index is 2.44. The van der Waals surface area contributed by atoms with Crippen molar-refractivity contribution in [2.45, 2.75) is 19.3 Å². The number of hydrogen-bond acceptors (Lipinski definition) is 0. The molecule has 2 heterocycles. The lowest BCUT2D eigenvalue weighted by atomic mass is 9.81. The maximum Gasteiger partial charge on any atom is 0.0547 e. The van der Waals surface area contributed by atoms with Crippen molar-refractivity contribution in [3.8, 4) is 55.9 Å². The molecule has 0 amide bonds. The topological polar surface area (TPSA) is 9.86 Å². The van der Waals surface area contributed by atoms with E-state index in [4.69, 9.17) is 0 Å². The van der Waals surface area contributed by atoms with E-state index in [9.17, 15) is 0 Å². The second kappa shape index (κ2) is 12.8. The first kappa shape index (κ1) is 33.7. The molecule has 59 heavy (non-hydrogen) atoms. The molecule has 0 unspecified atom stereocenters. The van der Waals surface area contributed by atoms with Crippen LogP contribution in [0.4, 0.5) is 0 Å². The van der Waals surface area contributed by atoms with E-state index in [1.54, 1.807) is 0 Å². The Labute approximate surface area is 343 Å². The maximum absolute atomic E-state index is 2.44. The van der Waals surface area contributed by atoms with Crippen molar-refractivity contribution >= 4 is 43.6 Å². The highest BCUT2D eigenvalue weighted by molar-refractivity contribution is 6.13. The average molecular weight is 753 g/mol. The van der Waals surface area contributed by atoms with Crippen LogP contribution in [0.1, 0.15) is 25.0 Å². The van der Waals surface area contributed by atoms with Crippen LogP contribution in [0.25, 0.3) is 99.5 Å². The number of hydrogen-bond donors (Lipinski definition) is 0. The van der Waals surface area contributed by atoms with Gasteiger partial charge < -0.3 is 9.13 Å². The molecule has 2 heteroatoms. The Morgan fingerprint density at radius 2 is 0.763 bits per heavy atom. The molecule has 278 valence electrons. The minimum absolute atomic E-state index is 0.0593. The van der Waals surface area contributed by atoms with E-state index < -0.39 is 0 Å². The van der Waals surface area contributed by atoms with Crippen molar-refractivity contribution in [1.29, 1.82) is 0 Å². The quantitative estimate of drug-likeness (QED) is 0.166. The number of nitrogens with zero attached hydrogens (tertiary/aromatic N) is 2. The molecule has 2 nitrogen and oxygen atoms in total. The zero-order valence-electron chi connectivity index (χ0n) is 33.0. The lowest BCUT2D eigenvalue weighted by Crippen LogP contribution is -2.14. The summed E-state index contributed by atoms with van der Waals surface area (Å²) in [6.07, 6.45) is 0. The molecule has 0 saturated heterocycles. The van der Waals surface area contributed by atoms with Gasteiger partial charge in [-0.25, -0.2) is 0 Å². The van der Waals surface area contributed by atoms with Crippen molar-refractivity contribution in [3.05, 3.63) is 217 Å². The van der Waals surface area contributed by atoms with Crippen LogP contribution in [0.3, 0.4) is 0 Å². The zero-order valence-corrected chi connectivity index (χ0v) is 33.0. The molecule has 2 aromatic heterocycles. The molecule has 0 radical (unpaired) electrons. The van der Waals surface area contributed by atoms with Gasteiger partial charge in [0.15, 0.2) is 0 Å². The second-order valence-corrected chi connectivity index (χ2v) is 16.6. The van der Waals surface area contributed by atoms with Crippen LogP contribution in [0.15, 0.2) is 206 Å². The smallest absolute Gasteiger partial charge is 0.0547 e. The third-order valence-corrected chi connectivity index (χ3v) is 12.9. The van der Waals surface area contributed by atoms with Crippen LogP contribution in [0.2, 0.25) is 0 Å². The van der Waals surface area contributed by atoms with Crippen LogP contribution >= 0.6 is 0 Å². The number of aromatic nitrogens is 2. The molecule has 0 atom stereocenters. The summed E-state index contributed by atoms with van der Waals surface area (Å²) >= 11 is 0. The van der Waals surface area contributed by atoms with E-state index in [1.807, 2.05) is 0 Å². The Morgan fingerprint density at radius 3 is 1.51 bits per heavy atom. The lowest BCUT2D eigenvalue weighted by Gasteiger charge is -2.22. The Kier molecular flexibility index (Phi) is 7.31. The molecular formula is C57H40N2. The van der Waals surface area contributed by atoms with Crippen molar-refractivity contribution in [2.24, 2.45) is 0 Å². The van der Waals surface area contributed by atoms with Gasteiger partial charge in [-0.1, -0.05) is 153 Å². The van der Waals surface area contributed by atoms with Gasteiger partial charge in [0.2, 0.25) is 0 Å². The summed E-state index contributed by atoms with van der Waals surface area (Å²) in [5.41, 5.74) is 19.9. The predicted molar refractivity (Wildman–Crippen MR) is 249 cm³/mol. The summed E-state index contributed by atoms with van der Waals surface area (Å²) in [6.45, 7) is 4.72. The Bertz CT molecular complexity index is 3440. The first-order valence-corrected chi connectivity index (χ1v) is 20.6. The normalized spacial score (nSPS) is 13.1. The number of benzene rings is 9. The van der Waals surface area contributed by atoms with Crippen molar-refractivity contribution in [3.63, 3.8) is 0 Å². The van der Waals surface area contributed by atoms with Gasteiger partial charge >= 0.3 is 0 Å². The fourth-order valence-corrected chi connectivity index (χ4v) is 9.98. The van der Waals surface area contributed by atoms with Gasteiger partial charge in [0.25, 0.3) is 0 Å². The van der Waals surface area contributed by atoms with Gasteiger partial charge in [0.05, 0.1) is 22.1 Å². The van der Waals surface area contributed by atoms with E-state index in [0.717, 1.165) is 5.69 Å². The number of para-hydroxylation sites is 2. The van der Waals surface area contributed by atoms with E-state index in [0.29, 0.717) is 0 Å². The van der Waals surface area contributed by atoms with Gasteiger partial charge in [-0.15, -0.1) is 0 Å². The molecule has 0 spiro atoms. The van der Waals surface area contributed by atoms with E-state index in [1.165, 1.54) is 105 Å². The first-order valence-electron chi connectivity index (χ1n) is 20.6. The van der Waals surface area contributed by atoms with Crippen molar-refractivity contribution in [2.75, 3.05) is 0 Å². The monoisotopic (exact) mass is 752 g/mol. The molecule has 0 N–H and O–H groups in total. The van der Waals surface area contributed by atoms with Gasteiger partial charge in [0.1, 0.15) is 0 Å². The van der Waals surface area contributed by atoms with Gasteiger partial charge in [-0.3, -0.25) is 0 Å². The summed E-state index contributed by atoms with van der Waals surface area (Å²) < 4.78 is 4.84. The summed E-state index contributed by atoms with van der Waals surface area (Å²) in [5, 5.41) is 5.01. The summed E-state index contributed by atoms with van der Waals surface area (Å²) in [4.78, 5) is 0. The van der Waals surface area contributed by atoms with Gasteiger partial charge in [-0.05, 0) is 122 Å². The highest BCUT2D eigenvalue weighted by Crippen LogP contribution is 2.50. The molecule has 0 fully saturated rings. The Balaban J connectivity index is 1.05. The van der Waals surface area contributed by atoms with Crippen LogP contribution in [-0.2, 0) is 5.41 Å². The minimum Gasteiger partial charge on any atom is -0.309 e. The Morgan fingerprint density at radius 1 is 0.288 bits per heavy atom. The van der Waals surface area contributed by atoms with Crippen LogP contribution in [-0.4, -0.2) is 9.13 Å². The van der Waals surface area contributed by atoms with E-state index >= 15 is 0 Å². The zero-order chi connectivity index (χ0) is 39.2. The molecule has 11 aromatic rings. The summed E-state index contributed by atoms with van der Waals surface area (Å²) in [7, 11) is 0. The first-order chi connectivity index (χ1) is 29.0. The van der Waals surface area contributed by atoms with Crippen LogP contribution < -0.4 is 0 Å². The third kappa shape index (κ3) is 5.13. The van der Waals surface area contributed by atoms with Gasteiger partial charge in [0, 0.05) is 38.3 Å². The molecule has 1 aliphatic carbocycles. The number of fused-ring (bicyclic) bond motifs is 9. The van der Waals surface area contributed by atoms with E-state index in [2.05, 4.69) is 229 Å². The van der Waals surface area contributed by atoms with Gasteiger partial charge in [-0.2, -0.15) is 0 Å². The second-order valence-electron chi connectivity index (χ2n) is 16.6. The summed E-state index contributed by atoms with van der Waals surface area (Å²) in [5.74, 6) is 0. The molecule has 0 bridgehead atoms. The van der Waals surface area contributed by atoms with Crippen molar-refractivity contribution in [1.82, 2.24) is 9.13 Å². The third-order valence-electron chi connectivity index (χ3n) is 12.9. The van der Waals surface area contributed by atoms with Crippen LogP contribution in [0.5, 0.6) is 0 Å². The fourth-order valence-electron chi connectivity index (χ4n) is 9.98. The summed E-state index contributed by atoms with van der Waals surface area (Å²) in [6, 6.07) is 76.1. The number of rotatable bonds is 5. The largest absolute Gasteiger partial charge is 0.309 e. The Hall–Kier alpha value is -7.42.